The predicted molar refractivity (Wildman–Crippen MR) is 106 cm³/mol. The number of anilines is 1. The molecule has 0 spiro atoms. The van der Waals surface area contributed by atoms with E-state index in [1.54, 1.807) is 12.3 Å². The molecule has 0 saturated carbocycles. The molecule has 0 atom stereocenters. The Hall–Kier alpha value is -2.32. The monoisotopic (exact) mass is 433 g/mol. The first-order valence-electron chi connectivity index (χ1n) is 7.82. The quantitative estimate of drug-likeness (QED) is 0.700. The Balaban J connectivity index is 1.51. The standard InChI is InChI=1S/C18H16BrN3O3S/c1-22(16-7-4-13(19)11-20-16)8-9-25-14-5-2-12(3-6-14)10-15-17(23)21-18(24)26-15/h2-7,10-11H,8-9H2,1H3,(H,21,23,24)/b15-10-. The zero-order chi connectivity index (χ0) is 18.5. The molecule has 2 aromatic rings. The molecule has 6 nitrogen and oxygen atoms in total. The number of nitrogens with zero attached hydrogens (tertiary/aromatic N) is 2. The fourth-order valence-corrected chi connectivity index (χ4v) is 3.16. The molecule has 1 saturated heterocycles. The minimum absolute atomic E-state index is 0.342. The van der Waals surface area contributed by atoms with E-state index in [9.17, 15) is 9.59 Å². The maximum atomic E-state index is 11.5. The van der Waals surface area contributed by atoms with Crippen LogP contribution >= 0.6 is 27.7 Å². The number of nitrogens with one attached hydrogen (secondary N) is 1. The number of hydrogen-bond donors (Lipinski definition) is 1. The van der Waals surface area contributed by atoms with Gasteiger partial charge in [0.1, 0.15) is 18.2 Å². The van der Waals surface area contributed by atoms with E-state index in [-0.39, 0.29) is 11.1 Å². The van der Waals surface area contributed by atoms with Crippen LogP contribution in [-0.4, -0.2) is 36.3 Å². The van der Waals surface area contributed by atoms with E-state index in [1.807, 2.05) is 48.3 Å². The Kier molecular flexibility index (Phi) is 5.95. The minimum Gasteiger partial charge on any atom is -0.492 e. The SMILES string of the molecule is CN(CCOc1ccc(/C=C2\SC(=O)NC2=O)cc1)c1ccc(Br)cn1. The second kappa shape index (κ2) is 8.37. The van der Waals surface area contributed by atoms with Crippen LogP contribution in [0.25, 0.3) is 6.08 Å². The Labute approximate surface area is 163 Å². The summed E-state index contributed by atoms with van der Waals surface area (Å²) in [6.07, 6.45) is 3.44. The van der Waals surface area contributed by atoms with Crippen LogP contribution in [0.15, 0.2) is 52.0 Å². The third-order valence-corrected chi connectivity index (χ3v) is 4.90. The fourth-order valence-electron chi connectivity index (χ4n) is 2.24. The molecule has 1 aromatic heterocycles. The van der Waals surface area contributed by atoms with Gasteiger partial charge in [-0.2, -0.15) is 0 Å². The predicted octanol–water partition coefficient (Wildman–Crippen LogP) is 3.68. The number of carbonyl (C=O) groups is 2. The maximum Gasteiger partial charge on any atom is 0.290 e. The van der Waals surface area contributed by atoms with Crippen LogP contribution in [-0.2, 0) is 4.79 Å². The Morgan fingerprint density at radius 3 is 2.62 bits per heavy atom. The summed E-state index contributed by atoms with van der Waals surface area (Å²) in [5.74, 6) is 1.26. The number of thioether (sulfide) groups is 1. The lowest BCUT2D eigenvalue weighted by molar-refractivity contribution is -0.115. The van der Waals surface area contributed by atoms with Crippen molar-refractivity contribution in [1.29, 1.82) is 0 Å². The molecule has 0 aliphatic carbocycles. The number of pyridine rings is 1. The molecular weight excluding hydrogens is 418 g/mol. The number of benzene rings is 1. The second-order valence-corrected chi connectivity index (χ2v) is 7.46. The summed E-state index contributed by atoms with van der Waals surface area (Å²) in [5.41, 5.74) is 0.834. The van der Waals surface area contributed by atoms with Gasteiger partial charge < -0.3 is 9.64 Å². The van der Waals surface area contributed by atoms with Gasteiger partial charge in [0.15, 0.2) is 0 Å². The second-order valence-electron chi connectivity index (χ2n) is 5.53. The van der Waals surface area contributed by atoms with Gasteiger partial charge in [-0.25, -0.2) is 4.98 Å². The molecule has 0 unspecified atom stereocenters. The largest absolute Gasteiger partial charge is 0.492 e. The van der Waals surface area contributed by atoms with E-state index in [2.05, 4.69) is 26.2 Å². The number of imide groups is 1. The number of aromatic nitrogens is 1. The van der Waals surface area contributed by atoms with Crippen molar-refractivity contribution in [2.75, 3.05) is 25.1 Å². The van der Waals surface area contributed by atoms with Crippen molar-refractivity contribution in [2.45, 2.75) is 0 Å². The van der Waals surface area contributed by atoms with Gasteiger partial charge in [0.05, 0.1) is 11.4 Å². The molecule has 1 fully saturated rings. The van der Waals surface area contributed by atoms with Crippen LogP contribution in [0.1, 0.15) is 5.56 Å². The van der Waals surface area contributed by atoms with Gasteiger partial charge in [-0.3, -0.25) is 14.9 Å². The molecular formula is C18H16BrN3O3S. The Morgan fingerprint density at radius 2 is 2.00 bits per heavy atom. The maximum absolute atomic E-state index is 11.5. The van der Waals surface area contributed by atoms with Gasteiger partial charge in [0, 0.05) is 17.7 Å². The lowest BCUT2D eigenvalue weighted by Crippen LogP contribution is -2.24. The normalized spacial score (nSPS) is 15.2. The summed E-state index contributed by atoms with van der Waals surface area (Å²) in [5, 5.41) is 1.89. The topological polar surface area (TPSA) is 71.5 Å². The molecule has 26 heavy (non-hydrogen) atoms. The summed E-state index contributed by atoms with van der Waals surface area (Å²) >= 11 is 4.27. The first-order valence-corrected chi connectivity index (χ1v) is 9.42. The van der Waals surface area contributed by atoms with E-state index in [4.69, 9.17) is 4.74 Å². The van der Waals surface area contributed by atoms with Gasteiger partial charge in [-0.1, -0.05) is 12.1 Å². The van der Waals surface area contributed by atoms with Crippen molar-refractivity contribution < 1.29 is 14.3 Å². The molecule has 1 N–H and O–H groups in total. The van der Waals surface area contributed by atoms with Gasteiger partial charge in [0.25, 0.3) is 11.1 Å². The van der Waals surface area contributed by atoms with E-state index in [1.165, 1.54) is 0 Å². The number of ether oxygens (including phenoxy) is 1. The third-order valence-electron chi connectivity index (χ3n) is 3.62. The molecule has 0 radical (unpaired) electrons. The van der Waals surface area contributed by atoms with Gasteiger partial charge in [0.2, 0.25) is 0 Å². The van der Waals surface area contributed by atoms with Crippen molar-refractivity contribution in [3.63, 3.8) is 0 Å². The zero-order valence-corrected chi connectivity index (χ0v) is 16.3. The molecule has 1 aliphatic heterocycles. The van der Waals surface area contributed by atoms with Gasteiger partial charge >= 0.3 is 0 Å². The van der Waals surface area contributed by atoms with Gasteiger partial charge in [-0.15, -0.1) is 0 Å². The van der Waals surface area contributed by atoms with Crippen LogP contribution in [0.2, 0.25) is 0 Å². The molecule has 2 amide bonds. The lowest BCUT2D eigenvalue weighted by atomic mass is 10.2. The molecule has 8 heteroatoms. The number of halogens is 1. The highest BCUT2D eigenvalue weighted by molar-refractivity contribution is 9.10. The van der Waals surface area contributed by atoms with E-state index in [0.29, 0.717) is 18.1 Å². The van der Waals surface area contributed by atoms with Crippen LogP contribution in [0.3, 0.4) is 0 Å². The number of rotatable bonds is 6. The van der Waals surface area contributed by atoms with Crippen molar-refractivity contribution >= 4 is 50.7 Å². The molecule has 3 rings (SSSR count). The highest BCUT2D eigenvalue weighted by Gasteiger charge is 2.24. The number of carbonyl (C=O) groups excluding carboxylic acids is 2. The van der Waals surface area contributed by atoms with Crippen molar-refractivity contribution in [1.82, 2.24) is 10.3 Å². The third kappa shape index (κ3) is 4.86. The number of hydrogen-bond acceptors (Lipinski definition) is 6. The van der Waals surface area contributed by atoms with Crippen molar-refractivity contribution in [3.8, 4) is 5.75 Å². The van der Waals surface area contributed by atoms with E-state index < -0.39 is 0 Å². The molecule has 2 heterocycles. The highest BCUT2D eigenvalue weighted by Crippen LogP contribution is 2.26. The van der Waals surface area contributed by atoms with Crippen molar-refractivity contribution in [3.05, 3.63) is 57.5 Å². The molecule has 1 aromatic carbocycles. The van der Waals surface area contributed by atoms with Crippen LogP contribution < -0.4 is 15.0 Å². The summed E-state index contributed by atoms with van der Waals surface area (Å²) < 4.78 is 6.69. The zero-order valence-electron chi connectivity index (χ0n) is 13.9. The van der Waals surface area contributed by atoms with Crippen LogP contribution in [0.5, 0.6) is 5.75 Å². The number of amides is 2. The number of likely N-dealkylation sites (N-methyl/N-ethyl adjacent to an activating group) is 1. The molecule has 134 valence electrons. The van der Waals surface area contributed by atoms with E-state index >= 15 is 0 Å². The first kappa shape index (κ1) is 18.5. The van der Waals surface area contributed by atoms with E-state index in [0.717, 1.165) is 33.4 Å². The lowest BCUT2D eigenvalue weighted by Gasteiger charge is -2.18. The molecule has 1 aliphatic rings. The average Bonchev–Trinajstić information content (AvgIpc) is 2.94. The Bertz CT molecular complexity index is 838. The van der Waals surface area contributed by atoms with Crippen molar-refractivity contribution in [2.24, 2.45) is 0 Å². The highest BCUT2D eigenvalue weighted by atomic mass is 79.9. The Morgan fingerprint density at radius 1 is 1.23 bits per heavy atom. The average molecular weight is 434 g/mol. The van der Waals surface area contributed by atoms with Gasteiger partial charge in [-0.05, 0) is 63.6 Å². The van der Waals surface area contributed by atoms with Crippen LogP contribution in [0.4, 0.5) is 10.6 Å². The summed E-state index contributed by atoms with van der Waals surface area (Å²) in [4.78, 5) is 29.4. The molecule has 0 bridgehead atoms. The van der Waals surface area contributed by atoms with Crippen LogP contribution in [0, 0.1) is 0 Å². The first-order chi connectivity index (χ1) is 12.5. The fraction of sp³-hybridized carbons (Fsp3) is 0.167. The smallest absolute Gasteiger partial charge is 0.290 e. The minimum atomic E-state index is -0.357. The summed E-state index contributed by atoms with van der Waals surface area (Å²) in [6, 6.07) is 11.3. The summed E-state index contributed by atoms with van der Waals surface area (Å²) in [7, 11) is 1.96. The summed E-state index contributed by atoms with van der Waals surface area (Å²) in [6.45, 7) is 1.21.